The second-order valence-electron chi connectivity index (χ2n) is 7.67. The Morgan fingerprint density at radius 1 is 1.12 bits per heavy atom. The van der Waals surface area contributed by atoms with E-state index < -0.39 is 11.9 Å². The van der Waals surface area contributed by atoms with Gasteiger partial charge in [0.2, 0.25) is 0 Å². The summed E-state index contributed by atoms with van der Waals surface area (Å²) in [6, 6.07) is 4.90. The number of nitrogens with one attached hydrogen (secondary N) is 1. The molecule has 0 unspecified atom stereocenters. The normalized spacial score (nSPS) is 11.0. The van der Waals surface area contributed by atoms with Crippen molar-refractivity contribution in [2.75, 3.05) is 5.32 Å². The summed E-state index contributed by atoms with van der Waals surface area (Å²) in [4.78, 5) is 44.9. The summed E-state index contributed by atoms with van der Waals surface area (Å²) in [7, 11) is 0. The molecule has 1 aromatic carbocycles. The fourth-order valence-corrected chi connectivity index (χ4v) is 3.85. The van der Waals surface area contributed by atoms with Crippen LogP contribution >= 0.6 is 11.6 Å². The molecule has 0 atom stereocenters. The largest absolute Gasteiger partial charge is 0.480 e. The number of hydrogen-bond acceptors (Lipinski definition) is 6. The number of nitrogens with zero attached hydrogens (tertiary/aromatic N) is 5. The first-order chi connectivity index (χ1) is 16.3. The van der Waals surface area contributed by atoms with Crippen LogP contribution in [0.15, 0.2) is 43.0 Å². The highest BCUT2D eigenvalue weighted by molar-refractivity contribution is 6.31. The lowest BCUT2D eigenvalue weighted by Crippen LogP contribution is -2.14. The van der Waals surface area contributed by atoms with Crippen molar-refractivity contribution < 1.29 is 19.5 Å². The van der Waals surface area contributed by atoms with Gasteiger partial charge in [0.05, 0.1) is 35.4 Å². The number of Topliss-reactive ketones (excluding diaryl/α,β-unsaturated/α-hetero) is 1. The summed E-state index contributed by atoms with van der Waals surface area (Å²) in [5.41, 5.74) is 2.03. The van der Waals surface area contributed by atoms with Crippen LogP contribution in [0.3, 0.4) is 0 Å². The third kappa shape index (κ3) is 4.53. The molecule has 3 heterocycles. The number of anilines is 1. The SMILES string of the molecule is CCCC(=O)c1cnn(-c2cnc(NC(=O)c3cn(CC(=O)O)c4ccc(Cl)cc34)cn2)c1C. The number of amides is 1. The van der Waals surface area contributed by atoms with Crippen LogP contribution in [-0.4, -0.2) is 47.1 Å². The molecule has 0 spiro atoms. The zero-order valence-electron chi connectivity index (χ0n) is 18.4. The Balaban J connectivity index is 1.57. The van der Waals surface area contributed by atoms with Crippen molar-refractivity contribution in [2.24, 2.45) is 0 Å². The van der Waals surface area contributed by atoms with Crippen LogP contribution in [0.4, 0.5) is 5.82 Å². The van der Waals surface area contributed by atoms with E-state index >= 15 is 0 Å². The second kappa shape index (κ2) is 9.44. The summed E-state index contributed by atoms with van der Waals surface area (Å²) < 4.78 is 2.98. The zero-order valence-corrected chi connectivity index (χ0v) is 19.2. The summed E-state index contributed by atoms with van der Waals surface area (Å²) in [5, 5.41) is 17.0. The van der Waals surface area contributed by atoms with Gasteiger partial charge in [-0.1, -0.05) is 18.5 Å². The van der Waals surface area contributed by atoms with Crippen LogP contribution in [0.1, 0.15) is 46.2 Å². The summed E-state index contributed by atoms with van der Waals surface area (Å²) in [6.45, 7) is 3.42. The van der Waals surface area contributed by atoms with E-state index in [2.05, 4.69) is 20.4 Å². The number of aliphatic carboxylic acids is 1. The van der Waals surface area contributed by atoms with Crippen LogP contribution in [0.2, 0.25) is 5.02 Å². The molecule has 3 aromatic heterocycles. The predicted molar refractivity (Wildman–Crippen MR) is 126 cm³/mol. The minimum absolute atomic E-state index is 0.0188. The fourth-order valence-electron chi connectivity index (χ4n) is 3.68. The molecule has 0 aliphatic carbocycles. The van der Waals surface area contributed by atoms with Gasteiger partial charge in [0, 0.05) is 28.5 Å². The van der Waals surface area contributed by atoms with E-state index in [-0.39, 0.29) is 23.7 Å². The number of benzene rings is 1. The lowest BCUT2D eigenvalue weighted by molar-refractivity contribution is -0.137. The summed E-state index contributed by atoms with van der Waals surface area (Å²) in [6.07, 6.45) is 6.99. The van der Waals surface area contributed by atoms with Gasteiger partial charge >= 0.3 is 5.97 Å². The van der Waals surface area contributed by atoms with Crippen molar-refractivity contribution in [1.82, 2.24) is 24.3 Å². The molecular weight excluding hydrogens is 460 g/mol. The lowest BCUT2D eigenvalue weighted by Gasteiger charge is -2.06. The van der Waals surface area contributed by atoms with Crippen molar-refractivity contribution in [2.45, 2.75) is 33.2 Å². The summed E-state index contributed by atoms with van der Waals surface area (Å²) in [5.74, 6) is -0.905. The first-order valence-electron chi connectivity index (χ1n) is 10.5. The number of hydrogen-bond donors (Lipinski definition) is 2. The highest BCUT2D eigenvalue weighted by Gasteiger charge is 2.18. The van der Waals surface area contributed by atoms with Gasteiger partial charge in [0.1, 0.15) is 6.54 Å². The molecule has 0 saturated carbocycles. The van der Waals surface area contributed by atoms with E-state index in [1.54, 1.807) is 25.1 Å². The maximum Gasteiger partial charge on any atom is 0.323 e. The van der Waals surface area contributed by atoms with Crippen LogP contribution in [0.25, 0.3) is 16.7 Å². The Morgan fingerprint density at radius 2 is 1.91 bits per heavy atom. The third-order valence-corrected chi connectivity index (χ3v) is 5.51. The van der Waals surface area contributed by atoms with Gasteiger partial charge in [0.15, 0.2) is 17.4 Å². The molecule has 34 heavy (non-hydrogen) atoms. The van der Waals surface area contributed by atoms with Crippen LogP contribution in [0, 0.1) is 6.92 Å². The number of carbonyl (C=O) groups is 3. The number of ketones is 1. The molecule has 11 heteroatoms. The number of aromatic nitrogens is 5. The Hall–Kier alpha value is -4.05. The number of carboxylic acids is 1. The van der Waals surface area contributed by atoms with Gasteiger partial charge in [-0.05, 0) is 31.5 Å². The highest BCUT2D eigenvalue weighted by atomic mass is 35.5. The van der Waals surface area contributed by atoms with E-state index in [4.69, 9.17) is 11.6 Å². The molecule has 4 rings (SSSR count). The topological polar surface area (TPSA) is 132 Å². The highest BCUT2D eigenvalue weighted by Crippen LogP contribution is 2.26. The smallest absolute Gasteiger partial charge is 0.323 e. The maximum atomic E-state index is 12.9. The van der Waals surface area contributed by atoms with Crippen LogP contribution < -0.4 is 5.32 Å². The quantitative estimate of drug-likeness (QED) is 0.365. The van der Waals surface area contributed by atoms with Crippen molar-refractivity contribution in [3.8, 4) is 5.82 Å². The molecular formula is C23H21ClN6O4. The standard InChI is InChI=1S/C23H21ClN6O4/c1-3-4-19(31)16-8-27-30(13(16)2)21-10-25-20(9-26-21)28-23(34)17-11-29(12-22(32)33)18-6-5-14(24)7-15(17)18/h5-11H,3-4,12H2,1-2H3,(H,32,33)(H,25,28,34). The van der Waals surface area contributed by atoms with Gasteiger partial charge in [-0.2, -0.15) is 5.10 Å². The monoisotopic (exact) mass is 480 g/mol. The first-order valence-corrected chi connectivity index (χ1v) is 10.9. The lowest BCUT2D eigenvalue weighted by atomic mass is 10.1. The molecule has 0 aliphatic rings. The molecule has 0 saturated heterocycles. The van der Waals surface area contributed by atoms with Crippen molar-refractivity contribution in [1.29, 1.82) is 0 Å². The van der Waals surface area contributed by atoms with E-state index in [1.165, 1.54) is 34.0 Å². The Bertz CT molecular complexity index is 1410. The van der Waals surface area contributed by atoms with Crippen molar-refractivity contribution >= 4 is 46.0 Å². The van der Waals surface area contributed by atoms with Gasteiger partial charge in [0.25, 0.3) is 5.91 Å². The van der Waals surface area contributed by atoms with E-state index in [9.17, 15) is 19.5 Å². The molecule has 2 N–H and O–H groups in total. The van der Waals surface area contributed by atoms with Gasteiger partial charge in [-0.3, -0.25) is 14.4 Å². The van der Waals surface area contributed by atoms with Crippen LogP contribution in [-0.2, 0) is 11.3 Å². The van der Waals surface area contributed by atoms with Crippen molar-refractivity contribution in [3.63, 3.8) is 0 Å². The third-order valence-electron chi connectivity index (χ3n) is 5.28. The first kappa shape index (κ1) is 23.1. The minimum Gasteiger partial charge on any atom is -0.480 e. The maximum absolute atomic E-state index is 12.9. The van der Waals surface area contributed by atoms with Crippen molar-refractivity contribution in [3.05, 3.63) is 64.8 Å². The minimum atomic E-state index is -1.03. The molecule has 0 bridgehead atoms. The fraction of sp³-hybridized carbons (Fsp3) is 0.217. The Labute approximate surface area is 199 Å². The molecule has 0 fully saturated rings. The zero-order chi connectivity index (χ0) is 24.4. The molecule has 1 amide bonds. The summed E-state index contributed by atoms with van der Waals surface area (Å²) >= 11 is 6.09. The molecule has 4 aromatic rings. The number of rotatable bonds is 8. The van der Waals surface area contributed by atoms with Gasteiger partial charge in [-0.15, -0.1) is 0 Å². The number of carboxylic acid groups (broad SMARTS) is 1. The van der Waals surface area contributed by atoms with E-state index in [0.29, 0.717) is 39.4 Å². The van der Waals surface area contributed by atoms with Crippen LogP contribution in [0.5, 0.6) is 0 Å². The second-order valence-corrected chi connectivity index (χ2v) is 8.10. The number of halogens is 1. The predicted octanol–water partition coefficient (Wildman–Crippen LogP) is 3.90. The average molecular weight is 481 g/mol. The molecule has 0 radical (unpaired) electrons. The number of carbonyl (C=O) groups excluding carboxylic acids is 2. The molecule has 0 aliphatic heterocycles. The average Bonchev–Trinajstić information content (AvgIpc) is 3.34. The number of fused-ring (bicyclic) bond motifs is 1. The Morgan fingerprint density at radius 3 is 2.59 bits per heavy atom. The molecule has 174 valence electrons. The Kier molecular flexibility index (Phi) is 6.42. The van der Waals surface area contributed by atoms with E-state index in [1.807, 2.05) is 6.92 Å². The van der Waals surface area contributed by atoms with E-state index in [0.717, 1.165) is 6.42 Å². The van der Waals surface area contributed by atoms with Gasteiger partial charge in [-0.25, -0.2) is 14.6 Å². The molecule has 10 nitrogen and oxygen atoms in total. The van der Waals surface area contributed by atoms with Gasteiger partial charge < -0.3 is 15.0 Å².